The standard InChI is InChI=1S/C30H33Cl2N3O6S/c1-18-8-5-6-11-23(18)42(39)17-22-27(30(38)41-4)28(25-19(31)9-7-10-20(25)32)26(29(37)40-3)21(33-22)16-24(36)35-14-12-34(2)13-15-35/h5-11,28,33H,12-17H2,1-4H3. The van der Waals surface area contributed by atoms with E-state index in [1.807, 2.05) is 26.1 Å². The molecule has 2 aliphatic rings. The average Bonchev–Trinajstić information content (AvgIpc) is 2.96. The van der Waals surface area contributed by atoms with Gasteiger partial charge in [-0.15, -0.1) is 0 Å². The summed E-state index contributed by atoms with van der Waals surface area (Å²) < 4.78 is 24.0. The van der Waals surface area contributed by atoms with Crippen molar-refractivity contribution in [2.24, 2.45) is 0 Å². The number of likely N-dealkylation sites (N-methyl/N-ethyl adjacent to an activating group) is 1. The first-order valence-electron chi connectivity index (χ1n) is 13.3. The summed E-state index contributed by atoms with van der Waals surface area (Å²) in [4.78, 5) is 44.9. The number of methoxy groups -OCH3 is 2. The Bertz CT molecular complexity index is 1460. The molecule has 0 aromatic heterocycles. The smallest absolute Gasteiger partial charge is 0.336 e. The van der Waals surface area contributed by atoms with Crippen LogP contribution in [0.2, 0.25) is 10.0 Å². The summed E-state index contributed by atoms with van der Waals surface area (Å²) in [6.45, 7) is 4.34. The van der Waals surface area contributed by atoms with E-state index in [1.54, 1.807) is 35.2 Å². The van der Waals surface area contributed by atoms with Gasteiger partial charge in [-0.25, -0.2) is 9.59 Å². The zero-order chi connectivity index (χ0) is 30.6. The van der Waals surface area contributed by atoms with Gasteiger partial charge in [-0.2, -0.15) is 0 Å². The number of dihydropyridines is 1. The fourth-order valence-corrected chi connectivity index (χ4v) is 7.10. The third-order valence-electron chi connectivity index (χ3n) is 7.43. The zero-order valence-corrected chi connectivity index (χ0v) is 26.2. The van der Waals surface area contributed by atoms with Crippen LogP contribution in [0.25, 0.3) is 0 Å². The van der Waals surface area contributed by atoms with Gasteiger partial charge in [0.25, 0.3) is 0 Å². The Morgan fingerprint density at radius 2 is 1.48 bits per heavy atom. The Hall–Kier alpha value is -3.18. The molecule has 42 heavy (non-hydrogen) atoms. The second-order valence-electron chi connectivity index (χ2n) is 10.1. The zero-order valence-electron chi connectivity index (χ0n) is 23.9. The van der Waals surface area contributed by atoms with E-state index in [0.29, 0.717) is 31.1 Å². The number of nitrogens with zero attached hydrogens (tertiary/aromatic N) is 2. The Balaban J connectivity index is 1.91. The van der Waals surface area contributed by atoms with E-state index in [2.05, 4.69) is 10.2 Å². The van der Waals surface area contributed by atoms with Crippen LogP contribution >= 0.6 is 23.2 Å². The maximum atomic E-state index is 13.7. The molecule has 1 fully saturated rings. The highest BCUT2D eigenvalue weighted by molar-refractivity contribution is 7.85. The van der Waals surface area contributed by atoms with Gasteiger partial charge in [0.1, 0.15) is 0 Å². The first kappa shape index (κ1) is 31.7. The highest BCUT2D eigenvalue weighted by atomic mass is 35.5. The molecule has 2 aliphatic heterocycles. The van der Waals surface area contributed by atoms with Crippen molar-refractivity contribution in [2.75, 3.05) is 53.2 Å². The highest BCUT2D eigenvalue weighted by Crippen LogP contribution is 2.45. The first-order valence-corrected chi connectivity index (χ1v) is 15.4. The molecule has 0 saturated carbocycles. The molecule has 2 heterocycles. The SMILES string of the molecule is COC(=O)C1=C(CC(=O)N2CCN(C)CC2)NC(CS(=O)c2ccccc2C)=C(C(=O)OC)C1c1c(Cl)cccc1Cl. The fraction of sp³-hybridized carbons (Fsp3) is 0.367. The van der Waals surface area contributed by atoms with Crippen molar-refractivity contribution in [1.29, 1.82) is 0 Å². The monoisotopic (exact) mass is 633 g/mol. The van der Waals surface area contributed by atoms with Crippen LogP contribution < -0.4 is 5.32 Å². The molecule has 0 bridgehead atoms. The van der Waals surface area contributed by atoms with Gasteiger partial charge in [0.2, 0.25) is 5.91 Å². The van der Waals surface area contributed by atoms with Crippen molar-refractivity contribution in [3.63, 3.8) is 0 Å². The molecule has 12 heteroatoms. The number of hydrogen-bond acceptors (Lipinski definition) is 8. The Kier molecular flexibility index (Phi) is 10.5. The van der Waals surface area contributed by atoms with Gasteiger partial charge in [0.15, 0.2) is 0 Å². The summed E-state index contributed by atoms with van der Waals surface area (Å²) in [5, 5.41) is 3.53. The van der Waals surface area contributed by atoms with Gasteiger partial charge in [0, 0.05) is 58.1 Å². The number of carbonyl (C=O) groups excluding carboxylic acids is 3. The lowest BCUT2D eigenvalue weighted by atomic mass is 9.79. The van der Waals surface area contributed by atoms with Crippen LogP contribution in [0.3, 0.4) is 0 Å². The predicted octanol–water partition coefficient (Wildman–Crippen LogP) is 3.81. The van der Waals surface area contributed by atoms with E-state index in [0.717, 1.165) is 5.56 Å². The number of amides is 1. The van der Waals surface area contributed by atoms with Crippen LogP contribution in [-0.4, -0.2) is 85.1 Å². The van der Waals surface area contributed by atoms with Crippen LogP contribution in [0.5, 0.6) is 0 Å². The number of nitrogens with one attached hydrogen (secondary N) is 1. The lowest BCUT2D eigenvalue weighted by Crippen LogP contribution is -2.47. The van der Waals surface area contributed by atoms with Crippen molar-refractivity contribution in [1.82, 2.24) is 15.1 Å². The van der Waals surface area contributed by atoms with Gasteiger partial charge in [-0.1, -0.05) is 47.5 Å². The van der Waals surface area contributed by atoms with Crippen molar-refractivity contribution in [3.05, 3.63) is 86.2 Å². The van der Waals surface area contributed by atoms with Gasteiger partial charge in [-0.05, 0) is 37.7 Å². The molecular formula is C30H33Cl2N3O6S. The summed E-state index contributed by atoms with van der Waals surface area (Å²) in [5.74, 6) is -3.05. The average molecular weight is 635 g/mol. The Morgan fingerprint density at radius 3 is 2.05 bits per heavy atom. The second-order valence-corrected chi connectivity index (χ2v) is 12.3. The van der Waals surface area contributed by atoms with Gasteiger partial charge in [0.05, 0.1) is 54.3 Å². The molecule has 2 aromatic carbocycles. The summed E-state index contributed by atoms with van der Waals surface area (Å²) >= 11 is 13.3. The molecule has 0 aliphatic carbocycles. The maximum Gasteiger partial charge on any atom is 0.336 e. The van der Waals surface area contributed by atoms with Crippen LogP contribution in [0.1, 0.15) is 23.5 Å². The molecule has 224 valence electrons. The lowest BCUT2D eigenvalue weighted by molar-refractivity contribution is -0.137. The van der Waals surface area contributed by atoms with E-state index < -0.39 is 28.7 Å². The van der Waals surface area contributed by atoms with E-state index in [-0.39, 0.29) is 56.2 Å². The van der Waals surface area contributed by atoms with Gasteiger partial charge >= 0.3 is 11.9 Å². The molecule has 2 unspecified atom stereocenters. The van der Waals surface area contributed by atoms with E-state index in [9.17, 15) is 18.6 Å². The molecule has 2 aromatic rings. The number of carbonyl (C=O) groups is 3. The number of rotatable bonds is 8. The predicted molar refractivity (Wildman–Crippen MR) is 162 cm³/mol. The van der Waals surface area contributed by atoms with Crippen molar-refractivity contribution < 1.29 is 28.1 Å². The summed E-state index contributed by atoms with van der Waals surface area (Å²) in [6.07, 6.45) is -0.193. The molecule has 4 rings (SSSR count). The molecule has 1 saturated heterocycles. The molecule has 9 nitrogen and oxygen atoms in total. The topological polar surface area (TPSA) is 105 Å². The third-order valence-corrected chi connectivity index (χ3v) is 9.59. The number of halogens is 2. The Morgan fingerprint density at radius 1 is 0.905 bits per heavy atom. The first-order chi connectivity index (χ1) is 20.1. The summed E-state index contributed by atoms with van der Waals surface area (Å²) in [5.41, 5.74) is 1.54. The van der Waals surface area contributed by atoms with Crippen molar-refractivity contribution in [2.45, 2.75) is 24.2 Å². The number of hydrogen-bond donors (Lipinski definition) is 1. The van der Waals surface area contributed by atoms with Gasteiger partial charge in [-0.3, -0.25) is 9.00 Å². The van der Waals surface area contributed by atoms with E-state index in [4.69, 9.17) is 32.7 Å². The number of aryl methyl sites for hydroxylation is 1. The molecule has 2 atom stereocenters. The number of piperazine rings is 1. The molecule has 0 radical (unpaired) electrons. The summed E-state index contributed by atoms with van der Waals surface area (Å²) in [6, 6.07) is 12.1. The molecule has 1 amide bonds. The third kappa shape index (κ3) is 6.72. The molecule has 0 spiro atoms. The molecule has 1 N–H and O–H groups in total. The van der Waals surface area contributed by atoms with Crippen LogP contribution in [-0.2, 0) is 34.7 Å². The Labute approximate surface area is 257 Å². The highest BCUT2D eigenvalue weighted by Gasteiger charge is 2.42. The van der Waals surface area contributed by atoms with E-state index >= 15 is 0 Å². The minimum atomic E-state index is -1.61. The minimum absolute atomic E-state index is 0.000742. The largest absolute Gasteiger partial charge is 0.466 e. The van der Waals surface area contributed by atoms with Crippen LogP contribution in [0.4, 0.5) is 0 Å². The second kappa shape index (κ2) is 13.9. The normalized spacial score (nSPS) is 18.4. The minimum Gasteiger partial charge on any atom is -0.466 e. The molecular weight excluding hydrogens is 601 g/mol. The number of ether oxygens (including phenoxy) is 2. The quantitative estimate of drug-likeness (QED) is 0.438. The number of benzene rings is 2. The van der Waals surface area contributed by atoms with Crippen LogP contribution in [0, 0.1) is 6.92 Å². The summed E-state index contributed by atoms with van der Waals surface area (Å²) in [7, 11) is 2.81. The maximum absolute atomic E-state index is 13.7. The van der Waals surface area contributed by atoms with Crippen molar-refractivity contribution in [3.8, 4) is 0 Å². The van der Waals surface area contributed by atoms with Crippen molar-refractivity contribution >= 4 is 51.8 Å². The fourth-order valence-electron chi connectivity index (χ4n) is 5.18. The number of esters is 2. The van der Waals surface area contributed by atoms with Gasteiger partial charge < -0.3 is 24.6 Å². The van der Waals surface area contributed by atoms with E-state index in [1.165, 1.54) is 14.2 Å². The lowest BCUT2D eigenvalue weighted by Gasteiger charge is -2.35. The van der Waals surface area contributed by atoms with Crippen LogP contribution in [0.15, 0.2) is 69.9 Å².